The van der Waals surface area contributed by atoms with Gasteiger partial charge in [0, 0.05) is 44.8 Å². The molecule has 5 rings (SSSR count). The minimum atomic E-state index is -0.0537. The van der Waals surface area contributed by atoms with Crippen LogP contribution < -0.4 is 15.1 Å². The molecule has 2 fully saturated rings. The maximum atomic E-state index is 13.0. The Labute approximate surface area is 190 Å². The lowest BCUT2D eigenvalue weighted by Gasteiger charge is -2.44. The van der Waals surface area contributed by atoms with Gasteiger partial charge in [0.2, 0.25) is 5.91 Å². The van der Waals surface area contributed by atoms with Crippen LogP contribution in [0, 0.1) is 0 Å². The first-order valence-electron chi connectivity index (χ1n) is 11.9. The molecule has 2 aromatic rings. The summed E-state index contributed by atoms with van der Waals surface area (Å²) in [6.07, 6.45) is 5.03. The van der Waals surface area contributed by atoms with Crippen LogP contribution in [-0.4, -0.2) is 55.5 Å². The van der Waals surface area contributed by atoms with Crippen LogP contribution in [0.2, 0.25) is 0 Å². The van der Waals surface area contributed by atoms with Crippen molar-refractivity contribution in [1.29, 1.82) is 0 Å². The Morgan fingerprint density at radius 1 is 0.969 bits per heavy atom. The topological polar surface area (TPSA) is 55.9 Å². The Morgan fingerprint density at radius 2 is 1.75 bits per heavy atom. The minimum absolute atomic E-state index is 0.0454. The number of likely N-dealkylation sites (N-methyl/N-ethyl adjacent to an activating group) is 1. The highest BCUT2D eigenvalue weighted by atomic mass is 16.2. The number of anilines is 2. The fourth-order valence-corrected chi connectivity index (χ4v) is 5.34. The third-order valence-electron chi connectivity index (χ3n) is 7.20. The van der Waals surface area contributed by atoms with Crippen molar-refractivity contribution < 1.29 is 9.59 Å². The molecule has 3 aliphatic rings. The molecule has 6 nitrogen and oxygen atoms in total. The van der Waals surface area contributed by atoms with E-state index in [1.54, 1.807) is 4.90 Å². The molecule has 1 N–H and O–H groups in total. The number of carbonyl (C=O) groups is 2. The van der Waals surface area contributed by atoms with Crippen molar-refractivity contribution in [2.75, 3.05) is 36.5 Å². The molecule has 0 bridgehead atoms. The van der Waals surface area contributed by atoms with Gasteiger partial charge in [-0.05, 0) is 55.9 Å². The lowest BCUT2D eigenvalue weighted by molar-refractivity contribution is -0.120. The number of nitrogens with one attached hydrogen (secondary N) is 1. The fourth-order valence-electron chi connectivity index (χ4n) is 5.34. The van der Waals surface area contributed by atoms with Gasteiger partial charge in [0.05, 0.1) is 11.4 Å². The number of nitrogens with zero attached hydrogens (tertiary/aromatic N) is 3. The van der Waals surface area contributed by atoms with E-state index in [4.69, 9.17) is 0 Å². The van der Waals surface area contributed by atoms with Gasteiger partial charge in [-0.25, -0.2) is 0 Å². The average Bonchev–Trinajstić information content (AvgIpc) is 2.84. The molecule has 0 aliphatic carbocycles. The molecular weight excluding hydrogens is 400 g/mol. The zero-order valence-electron chi connectivity index (χ0n) is 18.8. The molecule has 0 saturated carbocycles. The summed E-state index contributed by atoms with van der Waals surface area (Å²) in [5, 5.41) is 3.23. The van der Waals surface area contributed by atoms with E-state index in [2.05, 4.69) is 39.4 Å². The average molecular weight is 433 g/mol. The van der Waals surface area contributed by atoms with Gasteiger partial charge < -0.3 is 15.1 Å². The number of rotatable bonds is 4. The van der Waals surface area contributed by atoms with Crippen molar-refractivity contribution in [3.63, 3.8) is 0 Å². The third-order valence-corrected chi connectivity index (χ3v) is 7.20. The molecule has 0 radical (unpaired) electrons. The number of hydrogen-bond donors (Lipinski definition) is 1. The summed E-state index contributed by atoms with van der Waals surface area (Å²) in [6, 6.07) is 16.5. The van der Waals surface area contributed by atoms with Crippen molar-refractivity contribution >= 4 is 23.2 Å². The van der Waals surface area contributed by atoms with Crippen LogP contribution in [0.15, 0.2) is 48.5 Å². The summed E-state index contributed by atoms with van der Waals surface area (Å²) < 4.78 is 0. The monoisotopic (exact) mass is 432 g/mol. The molecule has 2 saturated heterocycles. The molecule has 3 heterocycles. The maximum Gasteiger partial charge on any atom is 0.251 e. The van der Waals surface area contributed by atoms with Crippen molar-refractivity contribution in [2.45, 2.75) is 50.7 Å². The summed E-state index contributed by atoms with van der Waals surface area (Å²) >= 11 is 0. The molecule has 32 heavy (non-hydrogen) atoms. The predicted molar refractivity (Wildman–Crippen MR) is 127 cm³/mol. The van der Waals surface area contributed by atoms with Crippen molar-refractivity contribution in [3.8, 4) is 0 Å². The highest BCUT2D eigenvalue weighted by Gasteiger charge is 2.38. The van der Waals surface area contributed by atoms with Crippen molar-refractivity contribution in [2.24, 2.45) is 0 Å². The van der Waals surface area contributed by atoms with Crippen molar-refractivity contribution in [1.82, 2.24) is 10.2 Å². The number of piperidine rings is 2. The lowest BCUT2D eigenvalue weighted by Crippen LogP contribution is -2.54. The summed E-state index contributed by atoms with van der Waals surface area (Å²) in [6.45, 7) is 3.84. The summed E-state index contributed by atoms with van der Waals surface area (Å²) in [5.41, 5.74) is 3.88. The van der Waals surface area contributed by atoms with Gasteiger partial charge in [0.1, 0.15) is 6.04 Å². The standard InChI is InChI=1S/C26H32N4O2/c1-28-24-17-20(10-11-22(24)30-14-6-5-9-23(30)26(28)32)25(31)27-21-12-15-29(16-13-21)18-19-7-3-2-4-8-19/h2-4,7-8,10-11,17,21,23H,5-6,9,12-16,18H2,1H3,(H,27,31). The summed E-state index contributed by atoms with van der Waals surface area (Å²) in [4.78, 5) is 32.3. The highest BCUT2D eigenvalue weighted by Crippen LogP contribution is 2.39. The highest BCUT2D eigenvalue weighted by molar-refractivity contribution is 6.07. The Morgan fingerprint density at radius 3 is 2.53 bits per heavy atom. The molecule has 2 aromatic carbocycles. The molecule has 0 spiro atoms. The number of hydrogen-bond acceptors (Lipinski definition) is 4. The van der Waals surface area contributed by atoms with E-state index in [9.17, 15) is 9.59 Å². The van der Waals surface area contributed by atoms with Crippen LogP contribution in [0.4, 0.5) is 11.4 Å². The molecule has 1 atom stereocenters. The second-order valence-corrected chi connectivity index (χ2v) is 9.32. The number of benzene rings is 2. The number of fused-ring (bicyclic) bond motifs is 3. The normalized spacial score (nSPS) is 21.8. The van der Waals surface area contributed by atoms with E-state index >= 15 is 0 Å². The molecule has 3 aliphatic heterocycles. The Kier molecular flexibility index (Phi) is 5.87. The van der Waals surface area contributed by atoms with Crippen LogP contribution in [0.1, 0.15) is 48.0 Å². The van der Waals surface area contributed by atoms with Crippen LogP contribution >= 0.6 is 0 Å². The van der Waals surface area contributed by atoms with Gasteiger partial charge in [-0.1, -0.05) is 30.3 Å². The molecule has 0 aromatic heterocycles. The van der Waals surface area contributed by atoms with Gasteiger partial charge in [0.25, 0.3) is 5.91 Å². The predicted octanol–water partition coefficient (Wildman–Crippen LogP) is 3.42. The van der Waals surface area contributed by atoms with Gasteiger partial charge >= 0.3 is 0 Å². The summed E-state index contributed by atoms with van der Waals surface area (Å²) in [5.74, 6) is 0.0940. The largest absolute Gasteiger partial charge is 0.358 e. The van der Waals surface area contributed by atoms with E-state index in [1.807, 2.05) is 31.3 Å². The SMILES string of the molecule is CN1C(=O)C2CCCCN2c2ccc(C(=O)NC3CCN(Cc4ccccc4)CC3)cc21. The molecule has 2 amide bonds. The Bertz CT molecular complexity index is 985. The molecule has 1 unspecified atom stereocenters. The zero-order valence-corrected chi connectivity index (χ0v) is 18.8. The van der Waals surface area contributed by atoms with E-state index in [-0.39, 0.29) is 23.9 Å². The smallest absolute Gasteiger partial charge is 0.251 e. The molecular formula is C26H32N4O2. The molecule has 6 heteroatoms. The van der Waals surface area contributed by atoms with Gasteiger partial charge in [-0.15, -0.1) is 0 Å². The number of amides is 2. The number of likely N-dealkylation sites (tertiary alicyclic amines) is 1. The van der Waals surface area contributed by atoms with Gasteiger partial charge in [-0.2, -0.15) is 0 Å². The van der Waals surface area contributed by atoms with E-state index in [1.165, 1.54) is 5.56 Å². The van der Waals surface area contributed by atoms with E-state index in [0.717, 1.165) is 69.7 Å². The quantitative estimate of drug-likeness (QED) is 0.805. The Hall–Kier alpha value is -2.86. The third kappa shape index (κ3) is 4.11. The van der Waals surface area contributed by atoms with Crippen molar-refractivity contribution in [3.05, 3.63) is 59.7 Å². The van der Waals surface area contributed by atoms with Crippen LogP contribution in [-0.2, 0) is 11.3 Å². The lowest BCUT2D eigenvalue weighted by atomic mass is 9.95. The second-order valence-electron chi connectivity index (χ2n) is 9.32. The molecule has 168 valence electrons. The first kappa shape index (κ1) is 21.0. The zero-order chi connectivity index (χ0) is 22.1. The fraction of sp³-hybridized carbons (Fsp3) is 0.462. The van der Waals surface area contributed by atoms with Crippen LogP contribution in [0.3, 0.4) is 0 Å². The van der Waals surface area contributed by atoms with Crippen LogP contribution in [0.25, 0.3) is 0 Å². The van der Waals surface area contributed by atoms with E-state index in [0.29, 0.717) is 5.56 Å². The van der Waals surface area contributed by atoms with E-state index < -0.39 is 0 Å². The first-order valence-corrected chi connectivity index (χ1v) is 11.9. The summed E-state index contributed by atoms with van der Waals surface area (Å²) in [7, 11) is 1.83. The van der Waals surface area contributed by atoms with Gasteiger partial charge in [0.15, 0.2) is 0 Å². The van der Waals surface area contributed by atoms with Gasteiger partial charge in [-0.3, -0.25) is 14.5 Å². The first-order chi connectivity index (χ1) is 15.6. The minimum Gasteiger partial charge on any atom is -0.358 e. The maximum absolute atomic E-state index is 13.0. The number of carbonyl (C=O) groups excluding carboxylic acids is 2. The van der Waals surface area contributed by atoms with Crippen LogP contribution in [0.5, 0.6) is 0 Å². The second kappa shape index (κ2) is 8.94. The Balaban J connectivity index is 1.22.